The molecule has 3 nitrogen and oxygen atoms in total. The van der Waals surface area contributed by atoms with Gasteiger partial charge in [-0.1, -0.05) is 42.4 Å². The van der Waals surface area contributed by atoms with E-state index in [0.717, 1.165) is 38.6 Å². The maximum absolute atomic E-state index is 12.5. The zero-order valence-electron chi connectivity index (χ0n) is 14.4. The Bertz CT molecular complexity index is 847. The lowest BCUT2D eigenvalue weighted by Gasteiger charge is -2.19. The number of halogens is 1. The first-order chi connectivity index (χ1) is 12.5. The fraction of sp³-hybridized carbons (Fsp3) is 0.200. The molecule has 2 aromatic rings. The molecule has 1 saturated heterocycles. The van der Waals surface area contributed by atoms with E-state index in [1.807, 2.05) is 62.4 Å². The van der Waals surface area contributed by atoms with Crippen LogP contribution < -0.4 is 0 Å². The fourth-order valence-electron chi connectivity index (χ4n) is 2.46. The van der Waals surface area contributed by atoms with Crippen LogP contribution >= 0.6 is 35.1 Å². The van der Waals surface area contributed by atoms with Crippen LogP contribution in [0.2, 0.25) is 5.02 Å². The van der Waals surface area contributed by atoms with E-state index in [2.05, 4.69) is 0 Å². The minimum atomic E-state index is -0.200. The Morgan fingerprint density at radius 1 is 1.08 bits per heavy atom. The maximum Gasteiger partial charge on any atom is 0.293 e. The van der Waals surface area contributed by atoms with Crippen LogP contribution in [0.25, 0.3) is 6.08 Å². The van der Waals surface area contributed by atoms with Crippen LogP contribution in [0, 0.1) is 0 Å². The van der Waals surface area contributed by atoms with Crippen LogP contribution in [0.4, 0.5) is 4.79 Å². The van der Waals surface area contributed by atoms with Gasteiger partial charge in [-0.05, 0) is 73.1 Å². The van der Waals surface area contributed by atoms with Gasteiger partial charge in [0.2, 0.25) is 0 Å². The van der Waals surface area contributed by atoms with Crippen molar-refractivity contribution in [1.29, 1.82) is 0 Å². The molecular formula is C20H18ClNO2S2. The van der Waals surface area contributed by atoms with E-state index in [1.165, 1.54) is 4.90 Å². The number of nitrogens with zero attached hydrogens (tertiary/aromatic N) is 1. The second-order valence-corrected chi connectivity index (χ2v) is 8.51. The SMILES string of the molecule is CC[C@H](C)N1C(=O)S/C(=C/c2ccc(Sc3ccc(Cl)cc3)cc2)C1=O. The molecule has 0 unspecified atom stereocenters. The van der Waals surface area contributed by atoms with Gasteiger partial charge >= 0.3 is 0 Å². The average Bonchev–Trinajstić information content (AvgIpc) is 2.91. The summed E-state index contributed by atoms with van der Waals surface area (Å²) in [5.74, 6) is -0.200. The summed E-state index contributed by atoms with van der Waals surface area (Å²) in [6, 6.07) is 15.5. The standard InChI is InChI=1S/C20H18ClNO2S2/c1-3-13(2)22-19(23)18(26-20(22)24)12-14-4-8-16(9-5-14)25-17-10-6-15(21)7-11-17/h4-13H,3H2,1-2H3/b18-12+/t13-/m0/s1. The van der Waals surface area contributed by atoms with E-state index in [0.29, 0.717) is 4.91 Å². The van der Waals surface area contributed by atoms with Gasteiger partial charge in [-0.15, -0.1) is 0 Å². The van der Waals surface area contributed by atoms with Crippen LogP contribution in [-0.4, -0.2) is 22.1 Å². The lowest BCUT2D eigenvalue weighted by Crippen LogP contribution is -2.36. The lowest BCUT2D eigenvalue weighted by atomic mass is 10.2. The molecule has 2 aromatic carbocycles. The van der Waals surface area contributed by atoms with Crippen molar-refractivity contribution in [3.05, 3.63) is 64.0 Å². The topological polar surface area (TPSA) is 37.4 Å². The first-order valence-electron chi connectivity index (χ1n) is 8.28. The van der Waals surface area contributed by atoms with Crippen molar-refractivity contribution in [2.45, 2.75) is 36.1 Å². The summed E-state index contributed by atoms with van der Waals surface area (Å²) in [6.07, 6.45) is 2.53. The molecule has 1 aliphatic heterocycles. The molecule has 1 heterocycles. The third-order valence-electron chi connectivity index (χ3n) is 4.08. The number of hydrogen-bond acceptors (Lipinski definition) is 4. The third-order valence-corrected chi connectivity index (χ3v) is 6.23. The molecule has 6 heteroatoms. The molecule has 3 rings (SSSR count). The first kappa shape index (κ1) is 19.1. The zero-order chi connectivity index (χ0) is 18.7. The number of rotatable bonds is 5. The number of carbonyl (C=O) groups is 2. The Morgan fingerprint density at radius 3 is 2.23 bits per heavy atom. The van der Waals surface area contributed by atoms with Crippen molar-refractivity contribution < 1.29 is 9.59 Å². The van der Waals surface area contributed by atoms with Crippen LogP contribution in [0.15, 0.2) is 63.2 Å². The maximum atomic E-state index is 12.5. The van der Waals surface area contributed by atoms with E-state index < -0.39 is 0 Å². The van der Waals surface area contributed by atoms with E-state index >= 15 is 0 Å². The van der Waals surface area contributed by atoms with Gasteiger partial charge in [0.25, 0.3) is 11.1 Å². The highest BCUT2D eigenvalue weighted by Gasteiger charge is 2.37. The zero-order valence-corrected chi connectivity index (χ0v) is 16.8. The molecule has 0 aromatic heterocycles. The van der Waals surface area contributed by atoms with E-state index in [1.54, 1.807) is 17.8 Å². The predicted molar refractivity (Wildman–Crippen MR) is 110 cm³/mol. The number of thioether (sulfide) groups is 1. The van der Waals surface area contributed by atoms with Crippen molar-refractivity contribution in [2.24, 2.45) is 0 Å². The molecule has 0 radical (unpaired) electrons. The van der Waals surface area contributed by atoms with Gasteiger partial charge in [-0.2, -0.15) is 0 Å². The lowest BCUT2D eigenvalue weighted by molar-refractivity contribution is -0.124. The van der Waals surface area contributed by atoms with Gasteiger partial charge in [0.1, 0.15) is 0 Å². The smallest absolute Gasteiger partial charge is 0.268 e. The van der Waals surface area contributed by atoms with Crippen LogP contribution in [0.1, 0.15) is 25.8 Å². The van der Waals surface area contributed by atoms with Crippen LogP contribution in [-0.2, 0) is 4.79 Å². The molecule has 0 saturated carbocycles. The molecule has 2 amide bonds. The summed E-state index contributed by atoms with van der Waals surface area (Å²) in [7, 11) is 0. The average molecular weight is 404 g/mol. The van der Waals surface area contributed by atoms with Crippen LogP contribution in [0.3, 0.4) is 0 Å². The molecule has 0 aliphatic carbocycles. The summed E-state index contributed by atoms with van der Waals surface area (Å²) in [6.45, 7) is 3.86. The molecule has 0 bridgehead atoms. The normalized spacial score (nSPS) is 17.2. The van der Waals surface area contributed by atoms with Gasteiger partial charge in [-0.25, -0.2) is 0 Å². The molecule has 26 heavy (non-hydrogen) atoms. The first-order valence-corrected chi connectivity index (χ1v) is 10.3. The minimum Gasteiger partial charge on any atom is -0.268 e. The number of carbonyl (C=O) groups excluding carboxylic acids is 2. The van der Waals surface area contributed by atoms with Crippen molar-refractivity contribution >= 4 is 52.3 Å². The van der Waals surface area contributed by atoms with E-state index in [9.17, 15) is 9.59 Å². The molecule has 1 fully saturated rings. The number of hydrogen-bond donors (Lipinski definition) is 0. The quantitative estimate of drug-likeness (QED) is 0.547. The van der Waals surface area contributed by atoms with Gasteiger partial charge in [0, 0.05) is 20.9 Å². The highest BCUT2D eigenvalue weighted by Crippen LogP contribution is 2.34. The molecule has 134 valence electrons. The largest absolute Gasteiger partial charge is 0.293 e. The summed E-state index contributed by atoms with van der Waals surface area (Å²) in [5, 5.41) is 0.529. The second kappa shape index (κ2) is 8.33. The Balaban J connectivity index is 1.73. The monoisotopic (exact) mass is 403 g/mol. The van der Waals surface area contributed by atoms with Crippen molar-refractivity contribution in [2.75, 3.05) is 0 Å². The molecule has 1 atom stereocenters. The van der Waals surface area contributed by atoms with E-state index in [4.69, 9.17) is 11.6 Å². The predicted octanol–water partition coefficient (Wildman–Crippen LogP) is 6.33. The summed E-state index contributed by atoms with van der Waals surface area (Å²) >= 11 is 8.56. The second-order valence-electron chi connectivity index (χ2n) is 5.93. The Labute approximate surface area is 166 Å². The Kier molecular flexibility index (Phi) is 6.12. The highest BCUT2D eigenvalue weighted by atomic mass is 35.5. The molecule has 0 N–H and O–H groups in total. The minimum absolute atomic E-state index is 0.0773. The van der Waals surface area contributed by atoms with Crippen molar-refractivity contribution in [3.8, 4) is 0 Å². The van der Waals surface area contributed by atoms with Gasteiger partial charge in [-0.3, -0.25) is 14.5 Å². The molecule has 1 aliphatic rings. The fourth-order valence-corrected chi connectivity index (χ4v) is 4.34. The Morgan fingerprint density at radius 2 is 1.65 bits per heavy atom. The number of imide groups is 1. The molecule has 0 spiro atoms. The van der Waals surface area contributed by atoms with Gasteiger partial charge in [0.15, 0.2) is 0 Å². The van der Waals surface area contributed by atoms with Crippen LogP contribution in [0.5, 0.6) is 0 Å². The highest BCUT2D eigenvalue weighted by molar-refractivity contribution is 8.18. The van der Waals surface area contributed by atoms with Crippen molar-refractivity contribution in [1.82, 2.24) is 4.90 Å². The van der Waals surface area contributed by atoms with Crippen molar-refractivity contribution in [3.63, 3.8) is 0 Å². The molecular weight excluding hydrogens is 386 g/mol. The number of benzene rings is 2. The van der Waals surface area contributed by atoms with Gasteiger partial charge in [0.05, 0.1) is 4.91 Å². The third kappa shape index (κ3) is 4.34. The Hall–Kier alpha value is -1.69. The van der Waals surface area contributed by atoms with E-state index in [-0.39, 0.29) is 17.2 Å². The summed E-state index contributed by atoms with van der Waals surface area (Å²) in [5.41, 5.74) is 0.903. The summed E-state index contributed by atoms with van der Waals surface area (Å²) < 4.78 is 0. The summed E-state index contributed by atoms with van der Waals surface area (Å²) in [4.78, 5) is 28.6. The number of amides is 2. The van der Waals surface area contributed by atoms with Gasteiger partial charge < -0.3 is 0 Å².